The van der Waals surface area contributed by atoms with E-state index in [1.165, 1.54) is 4.90 Å². The number of quaternary nitrogens is 1. The number of nitrogens with two attached hydrogens (primary N) is 1. The number of hydrogen-bond donors (Lipinski definition) is 2. The fourth-order valence-electron chi connectivity index (χ4n) is 4.42. The van der Waals surface area contributed by atoms with Gasteiger partial charge in [-0.1, -0.05) is 6.07 Å². The molecule has 0 bridgehead atoms. The number of pyridine rings is 1. The van der Waals surface area contributed by atoms with Gasteiger partial charge < -0.3 is 29.4 Å². The number of aromatic nitrogens is 1. The quantitative estimate of drug-likeness (QED) is 0.599. The van der Waals surface area contributed by atoms with Gasteiger partial charge in [-0.2, -0.15) is 5.26 Å². The number of aryl methyl sites for hydroxylation is 1. The van der Waals surface area contributed by atoms with Gasteiger partial charge in [0.05, 0.1) is 45.3 Å². The van der Waals surface area contributed by atoms with E-state index in [1.54, 1.807) is 30.9 Å². The lowest BCUT2D eigenvalue weighted by atomic mass is 9.84. The second-order valence-corrected chi connectivity index (χ2v) is 8.12. The molecule has 0 aliphatic carbocycles. The molecule has 0 unspecified atom stereocenters. The third kappa shape index (κ3) is 4.69. The number of rotatable bonds is 9. The second kappa shape index (κ2) is 10.5. The maximum absolute atomic E-state index is 13.7. The summed E-state index contributed by atoms with van der Waals surface area (Å²) in [6, 6.07) is 9.33. The lowest BCUT2D eigenvalue weighted by Gasteiger charge is -2.28. The number of benzene rings is 1. The van der Waals surface area contributed by atoms with Crippen molar-refractivity contribution in [2.75, 3.05) is 33.9 Å². The number of ether oxygens (including phenoxy) is 3. The van der Waals surface area contributed by atoms with E-state index in [-0.39, 0.29) is 17.0 Å². The van der Waals surface area contributed by atoms with Crippen molar-refractivity contribution in [1.29, 1.82) is 5.26 Å². The molecule has 1 aliphatic heterocycles. The van der Waals surface area contributed by atoms with Gasteiger partial charge in [0.25, 0.3) is 5.56 Å². The molecule has 2 aromatic rings. The molecule has 0 radical (unpaired) electrons. The number of hydrogen-bond acceptors (Lipinski definition) is 6. The highest BCUT2D eigenvalue weighted by atomic mass is 16.5. The van der Waals surface area contributed by atoms with Crippen LogP contribution in [0.25, 0.3) is 0 Å². The molecule has 0 spiro atoms. The van der Waals surface area contributed by atoms with Crippen molar-refractivity contribution in [2.24, 2.45) is 5.73 Å². The Kier molecular flexibility index (Phi) is 7.67. The van der Waals surface area contributed by atoms with E-state index in [1.807, 2.05) is 19.1 Å². The molecule has 0 amide bonds. The van der Waals surface area contributed by atoms with Crippen LogP contribution in [0.2, 0.25) is 0 Å². The third-order valence-electron chi connectivity index (χ3n) is 6.34. The molecule has 3 N–H and O–H groups in total. The summed E-state index contributed by atoms with van der Waals surface area (Å²) in [5, 5.41) is 9.88. The Morgan fingerprint density at radius 3 is 2.48 bits per heavy atom. The zero-order chi connectivity index (χ0) is 24.1. The first-order valence-electron chi connectivity index (χ1n) is 11.3. The highest BCUT2D eigenvalue weighted by Gasteiger charge is 2.34. The summed E-state index contributed by atoms with van der Waals surface area (Å²) < 4.78 is 18.3. The van der Waals surface area contributed by atoms with Gasteiger partial charge in [-0.05, 0) is 38.5 Å². The van der Waals surface area contributed by atoms with Crippen LogP contribution < -0.4 is 30.4 Å². The largest absolute Gasteiger partial charge is 0.493 e. The first-order chi connectivity index (χ1) is 15.9. The number of nitrogens with one attached hydrogen (secondary N) is 1. The molecule has 33 heavy (non-hydrogen) atoms. The van der Waals surface area contributed by atoms with Crippen LogP contribution in [-0.4, -0.2) is 38.4 Å². The van der Waals surface area contributed by atoms with Gasteiger partial charge in [-0.25, -0.2) is 0 Å². The van der Waals surface area contributed by atoms with Crippen LogP contribution in [0.5, 0.6) is 17.2 Å². The van der Waals surface area contributed by atoms with E-state index in [2.05, 4.69) is 19.9 Å². The average Bonchev–Trinajstić information content (AvgIpc) is 2.82. The van der Waals surface area contributed by atoms with Gasteiger partial charge in [0.15, 0.2) is 11.5 Å². The summed E-state index contributed by atoms with van der Waals surface area (Å²) in [4.78, 5) is 15.2. The highest BCUT2D eigenvalue weighted by Crippen LogP contribution is 2.42. The molecule has 0 fully saturated rings. The zero-order valence-electron chi connectivity index (χ0n) is 20.0. The first kappa shape index (κ1) is 24.2. The van der Waals surface area contributed by atoms with Crippen molar-refractivity contribution in [2.45, 2.75) is 39.7 Å². The second-order valence-electron chi connectivity index (χ2n) is 8.12. The van der Waals surface area contributed by atoms with Crippen LogP contribution in [0.4, 0.5) is 0 Å². The summed E-state index contributed by atoms with van der Waals surface area (Å²) in [7, 11) is 3.10. The molecule has 2 heterocycles. The molecule has 3 rings (SSSR count). The Hall–Kier alpha value is -3.44. The monoisotopic (exact) mass is 453 g/mol. The summed E-state index contributed by atoms with van der Waals surface area (Å²) in [6.45, 7) is 9.92. The molecule has 8 nitrogen and oxygen atoms in total. The van der Waals surface area contributed by atoms with Gasteiger partial charge >= 0.3 is 0 Å². The molecule has 176 valence electrons. The molecular weight excluding hydrogens is 420 g/mol. The molecular formula is C25H33N4O4+. The van der Waals surface area contributed by atoms with Crippen molar-refractivity contribution < 1.29 is 19.1 Å². The van der Waals surface area contributed by atoms with E-state index < -0.39 is 5.92 Å². The molecule has 0 saturated heterocycles. The number of nitriles is 1. The standard InChI is InChI=1S/C25H32N4O4/c1-6-28(7-2)11-8-12-29-16(3)13-21-23(25(29)30)22(18(15-26)24(27)33-21)17-9-10-19(31-4)20(14-17)32-5/h9-10,13-14,22H,6-8,11-12,27H2,1-5H3/p+1/t22-/m1/s1. The van der Waals surface area contributed by atoms with E-state index in [0.29, 0.717) is 34.9 Å². The highest BCUT2D eigenvalue weighted by molar-refractivity contribution is 5.57. The minimum Gasteiger partial charge on any atom is -0.493 e. The van der Waals surface area contributed by atoms with E-state index in [0.717, 1.165) is 31.7 Å². The van der Waals surface area contributed by atoms with Crippen LogP contribution in [0.1, 0.15) is 43.0 Å². The van der Waals surface area contributed by atoms with Gasteiger partial charge in [0, 0.05) is 24.7 Å². The third-order valence-corrected chi connectivity index (χ3v) is 6.34. The fraction of sp³-hybridized carbons (Fsp3) is 0.440. The first-order valence-corrected chi connectivity index (χ1v) is 11.3. The Labute approximate surface area is 194 Å². The average molecular weight is 454 g/mol. The normalized spacial score (nSPS) is 15.1. The van der Waals surface area contributed by atoms with Crippen LogP contribution in [0.3, 0.4) is 0 Å². The van der Waals surface area contributed by atoms with Gasteiger partial charge in [-0.3, -0.25) is 4.79 Å². The Bertz CT molecular complexity index is 1140. The molecule has 1 aromatic carbocycles. The van der Waals surface area contributed by atoms with Crippen LogP contribution in [-0.2, 0) is 6.54 Å². The molecule has 1 atom stereocenters. The predicted molar refractivity (Wildman–Crippen MR) is 126 cm³/mol. The van der Waals surface area contributed by atoms with E-state index in [4.69, 9.17) is 19.9 Å². The number of fused-ring (bicyclic) bond motifs is 1. The summed E-state index contributed by atoms with van der Waals surface area (Å²) >= 11 is 0. The van der Waals surface area contributed by atoms with Crippen molar-refractivity contribution in [3.8, 4) is 23.3 Å². The van der Waals surface area contributed by atoms with Gasteiger partial charge in [-0.15, -0.1) is 0 Å². The van der Waals surface area contributed by atoms with Crippen LogP contribution in [0.15, 0.2) is 40.5 Å². The maximum atomic E-state index is 13.7. The Balaban J connectivity index is 2.11. The van der Waals surface area contributed by atoms with Crippen molar-refractivity contribution in [3.05, 3.63) is 62.9 Å². The lowest BCUT2D eigenvalue weighted by molar-refractivity contribution is -0.896. The topological polar surface area (TPSA) is 104 Å². The van der Waals surface area contributed by atoms with Crippen molar-refractivity contribution >= 4 is 0 Å². The minimum absolute atomic E-state index is 0.00599. The van der Waals surface area contributed by atoms with Gasteiger partial charge in [0.1, 0.15) is 17.4 Å². The lowest BCUT2D eigenvalue weighted by Crippen LogP contribution is -3.11. The predicted octanol–water partition coefficient (Wildman–Crippen LogP) is 1.71. The van der Waals surface area contributed by atoms with Crippen LogP contribution in [0, 0.1) is 18.3 Å². The number of nitrogens with zero attached hydrogens (tertiary/aromatic N) is 2. The Morgan fingerprint density at radius 2 is 1.88 bits per heavy atom. The summed E-state index contributed by atoms with van der Waals surface area (Å²) in [6.07, 6.45) is 0.877. The number of methoxy groups -OCH3 is 2. The maximum Gasteiger partial charge on any atom is 0.258 e. The SMILES string of the molecule is CC[NH+](CC)CCCn1c(C)cc2c(c1=O)[C@H](c1ccc(OC)c(OC)c1)C(C#N)=C(N)O2. The van der Waals surface area contributed by atoms with Crippen LogP contribution >= 0.6 is 0 Å². The molecule has 1 aromatic heterocycles. The molecule has 0 saturated carbocycles. The smallest absolute Gasteiger partial charge is 0.258 e. The van der Waals surface area contributed by atoms with E-state index >= 15 is 0 Å². The Morgan fingerprint density at radius 1 is 1.18 bits per heavy atom. The zero-order valence-corrected chi connectivity index (χ0v) is 20.0. The van der Waals surface area contributed by atoms with Crippen molar-refractivity contribution in [1.82, 2.24) is 4.57 Å². The molecule has 1 aliphatic rings. The summed E-state index contributed by atoms with van der Waals surface area (Å²) in [5.74, 6) is 0.801. The summed E-state index contributed by atoms with van der Waals surface area (Å²) in [5.41, 5.74) is 8.06. The number of allylic oxidation sites excluding steroid dienone is 1. The minimum atomic E-state index is -0.661. The van der Waals surface area contributed by atoms with E-state index in [9.17, 15) is 10.1 Å². The van der Waals surface area contributed by atoms with Crippen molar-refractivity contribution in [3.63, 3.8) is 0 Å². The molecule has 8 heteroatoms. The fourth-order valence-corrected chi connectivity index (χ4v) is 4.42. The van der Waals surface area contributed by atoms with Gasteiger partial charge in [0.2, 0.25) is 5.88 Å².